The predicted molar refractivity (Wildman–Crippen MR) is 98.6 cm³/mol. The van der Waals surface area contributed by atoms with E-state index in [1.54, 1.807) is 30.3 Å². The van der Waals surface area contributed by atoms with Gasteiger partial charge in [-0.05, 0) is 36.2 Å². The lowest BCUT2D eigenvalue weighted by Crippen LogP contribution is -2.39. The van der Waals surface area contributed by atoms with Crippen molar-refractivity contribution in [2.24, 2.45) is 0 Å². The van der Waals surface area contributed by atoms with Crippen molar-refractivity contribution in [3.05, 3.63) is 59.9 Å². The lowest BCUT2D eigenvalue weighted by molar-refractivity contribution is -0.134. The van der Waals surface area contributed by atoms with Gasteiger partial charge in [0.1, 0.15) is 11.6 Å². The molecule has 0 saturated heterocycles. The van der Waals surface area contributed by atoms with Gasteiger partial charge in [0.25, 0.3) is 0 Å². The van der Waals surface area contributed by atoms with Crippen LogP contribution in [0.15, 0.2) is 48.5 Å². The summed E-state index contributed by atoms with van der Waals surface area (Å²) in [5.41, 5.74) is 1.27. The Hall–Kier alpha value is -2.89. The van der Waals surface area contributed by atoms with E-state index >= 15 is 0 Å². The molecule has 2 amide bonds. The Kier molecular flexibility index (Phi) is 7.14. The van der Waals surface area contributed by atoms with Gasteiger partial charge in [-0.3, -0.25) is 9.59 Å². The summed E-state index contributed by atoms with van der Waals surface area (Å²) in [5.74, 6) is -0.257. The number of carbonyl (C=O) groups excluding carboxylic acids is 2. The molecule has 2 aromatic rings. The van der Waals surface area contributed by atoms with Crippen LogP contribution >= 0.6 is 0 Å². The monoisotopic (exact) mass is 358 g/mol. The van der Waals surface area contributed by atoms with Crippen LogP contribution in [-0.2, 0) is 16.0 Å². The number of anilines is 1. The molecule has 0 atom stereocenters. The maximum Gasteiger partial charge on any atom is 0.244 e. The molecule has 0 bridgehead atoms. The summed E-state index contributed by atoms with van der Waals surface area (Å²) in [4.78, 5) is 26.4. The Morgan fingerprint density at radius 2 is 1.81 bits per heavy atom. The van der Waals surface area contributed by atoms with Crippen LogP contribution in [0.2, 0.25) is 0 Å². The molecule has 5 nitrogen and oxygen atoms in total. The van der Waals surface area contributed by atoms with Gasteiger partial charge in [-0.2, -0.15) is 0 Å². The van der Waals surface area contributed by atoms with Crippen LogP contribution in [0.25, 0.3) is 0 Å². The van der Waals surface area contributed by atoms with E-state index in [9.17, 15) is 14.0 Å². The Morgan fingerprint density at radius 1 is 1.12 bits per heavy atom. The van der Waals surface area contributed by atoms with Crippen LogP contribution in [-0.4, -0.2) is 36.9 Å². The molecular weight excluding hydrogens is 335 g/mol. The molecule has 1 N–H and O–H groups in total. The Labute approximate surface area is 152 Å². The van der Waals surface area contributed by atoms with Gasteiger partial charge in [0.05, 0.1) is 25.8 Å². The summed E-state index contributed by atoms with van der Waals surface area (Å²) in [6.07, 6.45) is 0.860. The number of amides is 2. The van der Waals surface area contributed by atoms with Gasteiger partial charge in [-0.25, -0.2) is 4.39 Å². The molecule has 6 heteroatoms. The van der Waals surface area contributed by atoms with Gasteiger partial charge in [-0.15, -0.1) is 0 Å². The van der Waals surface area contributed by atoms with Crippen LogP contribution in [0.3, 0.4) is 0 Å². The highest BCUT2D eigenvalue weighted by Crippen LogP contribution is 2.22. The number of para-hydroxylation sites is 2. The number of carbonyl (C=O) groups is 2. The maximum atomic E-state index is 13.0. The quantitative estimate of drug-likeness (QED) is 0.788. The minimum absolute atomic E-state index is 0.0497. The normalized spacial score (nSPS) is 10.3. The second kappa shape index (κ2) is 9.56. The van der Waals surface area contributed by atoms with Gasteiger partial charge in [0.2, 0.25) is 11.8 Å². The number of benzene rings is 2. The van der Waals surface area contributed by atoms with Gasteiger partial charge >= 0.3 is 0 Å². The van der Waals surface area contributed by atoms with E-state index in [1.165, 1.54) is 24.1 Å². The first-order valence-corrected chi connectivity index (χ1v) is 8.48. The topological polar surface area (TPSA) is 58.6 Å². The molecule has 138 valence electrons. The summed E-state index contributed by atoms with van der Waals surface area (Å²) < 4.78 is 18.2. The standard InChI is InChI=1S/C20H23FN2O3/c1-3-12-23(20(25)13-15-8-10-16(21)11-9-15)14-19(24)22-17-6-4-5-7-18(17)26-2/h4-11H,3,12-14H2,1-2H3,(H,22,24). The molecule has 0 aromatic heterocycles. The van der Waals surface area contributed by atoms with Gasteiger partial charge in [0, 0.05) is 6.54 Å². The first-order valence-electron chi connectivity index (χ1n) is 8.48. The second-order valence-electron chi connectivity index (χ2n) is 5.87. The van der Waals surface area contributed by atoms with E-state index in [0.29, 0.717) is 23.5 Å². The zero-order chi connectivity index (χ0) is 18.9. The minimum Gasteiger partial charge on any atom is -0.495 e. The Morgan fingerprint density at radius 3 is 2.46 bits per heavy atom. The van der Waals surface area contributed by atoms with Gasteiger partial charge < -0.3 is 15.0 Å². The van der Waals surface area contributed by atoms with E-state index in [-0.39, 0.29) is 30.6 Å². The number of hydrogen-bond acceptors (Lipinski definition) is 3. The van der Waals surface area contributed by atoms with Crippen LogP contribution < -0.4 is 10.1 Å². The number of rotatable bonds is 8. The highest BCUT2D eigenvalue weighted by Gasteiger charge is 2.17. The molecule has 0 aliphatic heterocycles. The molecule has 0 fully saturated rings. The maximum absolute atomic E-state index is 13.0. The smallest absolute Gasteiger partial charge is 0.244 e. The molecule has 0 heterocycles. The van der Waals surface area contributed by atoms with Crippen molar-refractivity contribution in [2.75, 3.05) is 25.5 Å². The first-order chi connectivity index (χ1) is 12.5. The highest BCUT2D eigenvalue weighted by molar-refractivity contribution is 5.95. The van der Waals surface area contributed by atoms with Crippen LogP contribution in [0.5, 0.6) is 5.75 Å². The van der Waals surface area contributed by atoms with E-state index in [4.69, 9.17) is 4.74 Å². The van der Waals surface area contributed by atoms with Gasteiger partial charge in [-0.1, -0.05) is 31.2 Å². The van der Waals surface area contributed by atoms with E-state index < -0.39 is 0 Å². The molecule has 0 saturated carbocycles. The average Bonchev–Trinajstić information content (AvgIpc) is 2.63. The fourth-order valence-electron chi connectivity index (χ4n) is 2.56. The lowest BCUT2D eigenvalue weighted by Gasteiger charge is -2.22. The van der Waals surface area contributed by atoms with Crippen LogP contribution in [0, 0.1) is 5.82 Å². The van der Waals surface area contributed by atoms with Gasteiger partial charge in [0.15, 0.2) is 0 Å². The summed E-state index contributed by atoms with van der Waals surface area (Å²) in [6, 6.07) is 12.9. The van der Waals surface area contributed by atoms with Crippen molar-refractivity contribution in [3.8, 4) is 5.75 Å². The molecule has 26 heavy (non-hydrogen) atoms. The Balaban J connectivity index is 2.00. The zero-order valence-electron chi connectivity index (χ0n) is 15.0. The number of ether oxygens (including phenoxy) is 1. The summed E-state index contributed by atoms with van der Waals surface area (Å²) in [7, 11) is 1.53. The number of methoxy groups -OCH3 is 1. The molecule has 0 spiro atoms. The fraction of sp³-hybridized carbons (Fsp3) is 0.300. The molecule has 2 aromatic carbocycles. The van der Waals surface area contributed by atoms with Crippen molar-refractivity contribution in [3.63, 3.8) is 0 Å². The largest absolute Gasteiger partial charge is 0.495 e. The molecular formula is C20H23FN2O3. The van der Waals surface area contributed by atoms with E-state index in [0.717, 1.165) is 6.42 Å². The Bertz CT molecular complexity index is 747. The number of nitrogens with zero attached hydrogens (tertiary/aromatic N) is 1. The van der Waals surface area contributed by atoms with Crippen LogP contribution in [0.4, 0.5) is 10.1 Å². The minimum atomic E-state index is -0.345. The second-order valence-corrected chi connectivity index (χ2v) is 5.87. The third-order valence-corrected chi connectivity index (χ3v) is 3.83. The average molecular weight is 358 g/mol. The summed E-state index contributed by atoms with van der Waals surface area (Å²) in [5, 5.41) is 2.77. The number of halogens is 1. The zero-order valence-corrected chi connectivity index (χ0v) is 15.0. The molecule has 0 radical (unpaired) electrons. The molecule has 2 rings (SSSR count). The van der Waals surface area contributed by atoms with Crippen molar-refractivity contribution in [1.82, 2.24) is 4.90 Å². The summed E-state index contributed by atoms with van der Waals surface area (Å²) in [6.45, 7) is 2.36. The molecule has 0 unspecified atom stereocenters. The van der Waals surface area contributed by atoms with Crippen molar-refractivity contribution in [2.45, 2.75) is 19.8 Å². The SMILES string of the molecule is CCCN(CC(=O)Nc1ccccc1OC)C(=O)Cc1ccc(F)cc1. The lowest BCUT2D eigenvalue weighted by atomic mass is 10.1. The van der Waals surface area contributed by atoms with E-state index in [1.807, 2.05) is 13.0 Å². The molecule has 0 aliphatic rings. The first kappa shape index (κ1) is 19.4. The van der Waals surface area contributed by atoms with Crippen molar-refractivity contribution >= 4 is 17.5 Å². The van der Waals surface area contributed by atoms with Crippen molar-refractivity contribution < 1.29 is 18.7 Å². The highest BCUT2D eigenvalue weighted by atomic mass is 19.1. The third-order valence-electron chi connectivity index (χ3n) is 3.83. The number of nitrogens with one attached hydrogen (secondary N) is 1. The van der Waals surface area contributed by atoms with Crippen LogP contribution in [0.1, 0.15) is 18.9 Å². The number of hydrogen-bond donors (Lipinski definition) is 1. The molecule has 0 aliphatic carbocycles. The predicted octanol–water partition coefficient (Wildman–Crippen LogP) is 3.25. The summed E-state index contributed by atoms with van der Waals surface area (Å²) >= 11 is 0. The third kappa shape index (κ3) is 5.58. The van der Waals surface area contributed by atoms with Crippen molar-refractivity contribution in [1.29, 1.82) is 0 Å². The fourth-order valence-corrected chi connectivity index (χ4v) is 2.56. The van der Waals surface area contributed by atoms with E-state index in [2.05, 4.69) is 5.32 Å².